The average molecular weight is 256 g/mol. The summed E-state index contributed by atoms with van der Waals surface area (Å²) in [4.78, 5) is 0. The number of hydrogen-bond acceptors (Lipinski definition) is 3. The molecule has 0 saturated heterocycles. The van der Waals surface area contributed by atoms with Crippen LogP contribution in [-0.4, -0.2) is 21.3 Å². The molecular weight excluding hydrogens is 236 g/mol. The summed E-state index contributed by atoms with van der Waals surface area (Å²) >= 11 is 0. The quantitative estimate of drug-likeness (QED) is 0.917. The van der Waals surface area contributed by atoms with Crippen LogP contribution in [0.15, 0.2) is 24.3 Å². The minimum absolute atomic E-state index is 0.338. The monoisotopic (exact) mass is 256 g/mol. The number of nitrogens with one attached hydrogen (secondary N) is 1. The zero-order chi connectivity index (χ0) is 13.2. The van der Waals surface area contributed by atoms with Crippen molar-refractivity contribution < 1.29 is 0 Å². The Bertz CT molecular complexity index is 556. The van der Waals surface area contributed by atoms with Gasteiger partial charge >= 0.3 is 0 Å². The fraction of sp³-hybridized carbons (Fsp3) is 0.467. The van der Waals surface area contributed by atoms with Crippen molar-refractivity contribution in [3.63, 3.8) is 0 Å². The van der Waals surface area contributed by atoms with Gasteiger partial charge in [0.25, 0.3) is 0 Å². The van der Waals surface area contributed by atoms with Crippen LogP contribution in [0.4, 0.5) is 0 Å². The van der Waals surface area contributed by atoms with Crippen LogP contribution in [-0.2, 0) is 13.0 Å². The summed E-state index contributed by atoms with van der Waals surface area (Å²) in [5.41, 5.74) is 2.52. The molecule has 1 atom stereocenters. The van der Waals surface area contributed by atoms with E-state index in [1.807, 2.05) is 0 Å². The molecule has 0 spiro atoms. The molecule has 4 heteroatoms. The molecule has 4 nitrogen and oxygen atoms in total. The number of rotatable bonds is 3. The summed E-state index contributed by atoms with van der Waals surface area (Å²) in [6.07, 6.45) is 2.12. The summed E-state index contributed by atoms with van der Waals surface area (Å²) < 4.78 is 2.26. The SMILES string of the molecule is CCc1ccc(-c2nnc3n2CCNC3CC)cc1. The minimum Gasteiger partial charge on any atom is -0.308 e. The maximum absolute atomic E-state index is 4.39. The predicted molar refractivity (Wildman–Crippen MR) is 75.9 cm³/mol. The Labute approximate surface area is 113 Å². The van der Waals surface area contributed by atoms with E-state index in [1.165, 1.54) is 5.56 Å². The molecular formula is C15H20N4. The van der Waals surface area contributed by atoms with Gasteiger partial charge in [-0.1, -0.05) is 38.1 Å². The van der Waals surface area contributed by atoms with Crippen LogP contribution in [0.5, 0.6) is 0 Å². The zero-order valence-electron chi connectivity index (χ0n) is 11.6. The van der Waals surface area contributed by atoms with Gasteiger partial charge in [-0.25, -0.2) is 0 Å². The van der Waals surface area contributed by atoms with Gasteiger partial charge in [-0.2, -0.15) is 0 Å². The molecule has 2 aromatic rings. The summed E-state index contributed by atoms with van der Waals surface area (Å²) in [6.45, 7) is 6.29. The number of benzene rings is 1. The van der Waals surface area contributed by atoms with E-state index in [0.717, 1.165) is 43.1 Å². The molecule has 0 bridgehead atoms. The van der Waals surface area contributed by atoms with Crippen molar-refractivity contribution in [2.24, 2.45) is 0 Å². The van der Waals surface area contributed by atoms with E-state index < -0.39 is 0 Å². The summed E-state index contributed by atoms with van der Waals surface area (Å²) in [5, 5.41) is 12.3. The van der Waals surface area contributed by atoms with Crippen LogP contribution < -0.4 is 5.32 Å². The van der Waals surface area contributed by atoms with E-state index in [4.69, 9.17) is 0 Å². The van der Waals surface area contributed by atoms with Crippen LogP contribution in [0.3, 0.4) is 0 Å². The van der Waals surface area contributed by atoms with Crippen molar-refractivity contribution in [2.75, 3.05) is 6.54 Å². The molecule has 1 aromatic carbocycles. The Kier molecular flexibility index (Phi) is 3.34. The average Bonchev–Trinajstić information content (AvgIpc) is 2.91. The molecule has 0 amide bonds. The smallest absolute Gasteiger partial charge is 0.164 e. The Balaban J connectivity index is 1.99. The second-order valence-electron chi connectivity index (χ2n) is 5.00. The van der Waals surface area contributed by atoms with Gasteiger partial charge in [0, 0.05) is 18.7 Å². The first kappa shape index (κ1) is 12.4. The summed E-state index contributed by atoms with van der Waals surface area (Å²) in [7, 11) is 0. The molecule has 2 heterocycles. The van der Waals surface area contributed by atoms with Crippen LogP contribution >= 0.6 is 0 Å². The third-order valence-electron chi connectivity index (χ3n) is 3.85. The van der Waals surface area contributed by atoms with Gasteiger partial charge in [-0.15, -0.1) is 10.2 Å². The van der Waals surface area contributed by atoms with Crippen molar-refractivity contribution in [1.82, 2.24) is 20.1 Å². The highest BCUT2D eigenvalue weighted by Crippen LogP contribution is 2.25. The van der Waals surface area contributed by atoms with Crippen LogP contribution in [0.25, 0.3) is 11.4 Å². The third-order valence-corrected chi connectivity index (χ3v) is 3.85. The first-order valence-electron chi connectivity index (χ1n) is 7.09. The Morgan fingerprint density at radius 1 is 1.21 bits per heavy atom. The molecule has 0 saturated carbocycles. The van der Waals surface area contributed by atoms with Crippen molar-refractivity contribution in [3.05, 3.63) is 35.7 Å². The van der Waals surface area contributed by atoms with Gasteiger partial charge in [0.1, 0.15) is 0 Å². The summed E-state index contributed by atoms with van der Waals surface area (Å²) in [5.74, 6) is 2.07. The van der Waals surface area contributed by atoms with E-state index in [2.05, 4.69) is 58.2 Å². The highest BCUT2D eigenvalue weighted by Gasteiger charge is 2.23. The molecule has 3 rings (SSSR count). The second kappa shape index (κ2) is 5.13. The molecule has 1 aliphatic rings. The van der Waals surface area contributed by atoms with E-state index in [0.29, 0.717) is 6.04 Å². The molecule has 0 radical (unpaired) electrons. The van der Waals surface area contributed by atoms with Gasteiger partial charge < -0.3 is 9.88 Å². The molecule has 0 fully saturated rings. The lowest BCUT2D eigenvalue weighted by Crippen LogP contribution is -2.33. The van der Waals surface area contributed by atoms with Crippen molar-refractivity contribution in [3.8, 4) is 11.4 Å². The van der Waals surface area contributed by atoms with E-state index in [1.54, 1.807) is 0 Å². The molecule has 1 N–H and O–H groups in total. The second-order valence-corrected chi connectivity index (χ2v) is 5.00. The Morgan fingerprint density at radius 3 is 2.68 bits per heavy atom. The number of aromatic nitrogens is 3. The van der Waals surface area contributed by atoms with E-state index >= 15 is 0 Å². The van der Waals surface area contributed by atoms with Gasteiger partial charge in [-0.05, 0) is 18.4 Å². The minimum atomic E-state index is 0.338. The highest BCUT2D eigenvalue weighted by atomic mass is 15.3. The molecule has 100 valence electrons. The maximum Gasteiger partial charge on any atom is 0.164 e. The Morgan fingerprint density at radius 2 is 2.00 bits per heavy atom. The lowest BCUT2D eigenvalue weighted by Gasteiger charge is -2.24. The fourth-order valence-corrected chi connectivity index (χ4v) is 2.67. The van der Waals surface area contributed by atoms with Crippen LogP contribution in [0.2, 0.25) is 0 Å². The van der Waals surface area contributed by atoms with Gasteiger partial charge in [0.15, 0.2) is 11.6 Å². The largest absolute Gasteiger partial charge is 0.308 e. The van der Waals surface area contributed by atoms with E-state index in [9.17, 15) is 0 Å². The molecule has 0 aliphatic carbocycles. The first-order valence-corrected chi connectivity index (χ1v) is 7.09. The summed E-state index contributed by atoms with van der Waals surface area (Å²) in [6, 6.07) is 8.99. The number of fused-ring (bicyclic) bond motifs is 1. The fourth-order valence-electron chi connectivity index (χ4n) is 2.67. The first-order chi connectivity index (χ1) is 9.33. The lowest BCUT2D eigenvalue weighted by atomic mass is 10.1. The zero-order valence-corrected chi connectivity index (χ0v) is 11.6. The number of nitrogens with zero attached hydrogens (tertiary/aromatic N) is 3. The molecule has 1 aliphatic heterocycles. The lowest BCUT2D eigenvalue weighted by molar-refractivity contribution is 0.407. The number of aryl methyl sites for hydroxylation is 1. The molecule has 1 unspecified atom stereocenters. The van der Waals surface area contributed by atoms with Crippen molar-refractivity contribution in [2.45, 2.75) is 39.3 Å². The maximum atomic E-state index is 4.39. The molecule has 19 heavy (non-hydrogen) atoms. The van der Waals surface area contributed by atoms with Crippen molar-refractivity contribution >= 4 is 0 Å². The highest BCUT2D eigenvalue weighted by molar-refractivity contribution is 5.56. The van der Waals surface area contributed by atoms with Crippen LogP contribution in [0, 0.1) is 0 Å². The predicted octanol–water partition coefficient (Wildman–Crippen LogP) is 2.56. The Hall–Kier alpha value is -1.68. The van der Waals surface area contributed by atoms with Gasteiger partial charge in [0.2, 0.25) is 0 Å². The van der Waals surface area contributed by atoms with Crippen molar-refractivity contribution in [1.29, 1.82) is 0 Å². The van der Waals surface area contributed by atoms with Crippen LogP contribution in [0.1, 0.15) is 37.7 Å². The normalized spacial score (nSPS) is 18.3. The van der Waals surface area contributed by atoms with E-state index in [-0.39, 0.29) is 0 Å². The third kappa shape index (κ3) is 2.16. The van der Waals surface area contributed by atoms with Gasteiger partial charge in [0.05, 0.1) is 6.04 Å². The number of hydrogen-bond donors (Lipinski definition) is 1. The van der Waals surface area contributed by atoms with Gasteiger partial charge in [-0.3, -0.25) is 0 Å². The topological polar surface area (TPSA) is 42.7 Å². The standard InChI is InChI=1S/C15H20N4/c1-3-11-5-7-12(8-6-11)14-17-18-15-13(4-2)16-9-10-19(14)15/h5-8,13,16H,3-4,9-10H2,1-2H3. The molecule has 1 aromatic heterocycles.